The molecule has 2 rings (SSSR count). The van der Waals surface area contributed by atoms with E-state index >= 15 is 0 Å². The zero-order valence-electron chi connectivity index (χ0n) is 18.3. The first-order valence-electron chi connectivity index (χ1n) is 9.31. The number of aliphatic carboxylic acids is 1. The summed E-state index contributed by atoms with van der Waals surface area (Å²) in [7, 11) is -0.0245. The van der Waals surface area contributed by atoms with Gasteiger partial charge in [-0.25, -0.2) is 13.2 Å². The maximum atomic E-state index is 13.3. The quantitative estimate of drug-likeness (QED) is 0.588. The van der Waals surface area contributed by atoms with Crippen LogP contribution in [0.2, 0.25) is 0 Å². The first-order valence-corrected chi connectivity index (χ1v) is 10.8. The van der Waals surface area contributed by atoms with Crippen molar-refractivity contribution in [3.63, 3.8) is 0 Å². The van der Waals surface area contributed by atoms with E-state index in [0.717, 1.165) is 11.6 Å². The number of ether oxygens (including phenoxy) is 3. The van der Waals surface area contributed by atoms with Crippen LogP contribution in [-0.4, -0.2) is 40.8 Å². The number of sulfonamides is 1. The highest BCUT2D eigenvalue weighted by atomic mass is 32.2. The lowest BCUT2D eigenvalue weighted by Gasteiger charge is -2.22. The summed E-state index contributed by atoms with van der Waals surface area (Å²) < 4.78 is 45.1. The predicted octanol–water partition coefficient (Wildman–Crippen LogP) is 3.91. The second-order valence-corrected chi connectivity index (χ2v) is 9.35. The Labute approximate surface area is 182 Å². The van der Waals surface area contributed by atoms with Crippen LogP contribution >= 0.6 is 0 Å². The molecule has 0 saturated carbocycles. The van der Waals surface area contributed by atoms with E-state index in [1.54, 1.807) is 12.1 Å². The van der Waals surface area contributed by atoms with Gasteiger partial charge in [0.1, 0.15) is 10.6 Å². The number of anilines is 1. The summed E-state index contributed by atoms with van der Waals surface area (Å²) in [5.74, 6) is -0.676. The third-order valence-corrected chi connectivity index (χ3v) is 5.86. The minimum absolute atomic E-state index is 0.00609. The van der Waals surface area contributed by atoms with Crippen molar-refractivity contribution in [2.45, 2.75) is 31.1 Å². The van der Waals surface area contributed by atoms with Crippen molar-refractivity contribution < 1.29 is 32.5 Å². The largest absolute Gasteiger partial charge is 0.495 e. The van der Waals surface area contributed by atoms with E-state index in [4.69, 9.17) is 19.3 Å². The molecule has 0 unspecified atom stereocenters. The fourth-order valence-corrected chi connectivity index (χ4v) is 4.15. The molecule has 0 heterocycles. The summed E-state index contributed by atoms with van der Waals surface area (Å²) in [6.45, 7) is 6.04. The summed E-state index contributed by atoms with van der Waals surface area (Å²) in [4.78, 5) is 10.7. The fourth-order valence-electron chi connectivity index (χ4n) is 2.87. The maximum Gasteiger partial charge on any atom is 0.328 e. The minimum Gasteiger partial charge on any atom is -0.495 e. The summed E-state index contributed by atoms with van der Waals surface area (Å²) >= 11 is 0. The standard InChI is InChI=1S/C22H27NO7S/c1-22(2,3)15-8-9-17(28-4)16(13-15)23-31(26,27)19-12-14(7-10-20(24)25)11-18(29-5)21(19)30-6/h7-13,23H,1-6H3,(H,24,25). The summed E-state index contributed by atoms with van der Waals surface area (Å²) in [5, 5.41) is 8.89. The van der Waals surface area contributed by atoms with E-state index in [1.807, 2.05) is 26.8 Å². The van der Waals surface area contributed by atoms with Crippen LogP contribution in [0.15, 0.2) is 41.3 Å². The number of hydrogen-bond acceptors (Lipinski definition) is 6. The van der Waals surface area contributed by atoms with Gasteiger partial charge < -0.3 is 19.3 Å². The average molecular weight is 450 g/mol. The van der Waals surface area contributed by atoms with E-state index in [9.17, 15) is 13.2 Å². The number of benzene rings is 2. The summed E-state index contributed by atoms with van der Waals surface area (Å²) in [6.07, 6.45) is 2.17. The summed E-state index contributed by atoms with van der Waals surface area (Å²) in [6, 6.07) is 8.08. The molecule has 0 amide bonds. The van der Waals surface area contributed by atoms with Crippen LogP contribution in [0.1, 0.15) is 31.9 Å². The van der Waals surface area contributed by atoms with Gasteiger partial charge in [-0.3, -0.25) is 4.72 Å². The molecule has 31 heavy (non-hydrogen) atoms. The number of nitrogens with one attached hydrogen (secondary N) is 1. The van der Waals surface area contributed by atoms with Gasteiger partial charge in [-0.2, -0.15) is 0 Å². The van der Waals surface area contributed by atoms with Gasteiger partial charge in [-0.05, 0) is 46.9 Å². The van der Waals surface area contributed by atoms with Crippen molar-refractivity contribution in [1.29, 1.82) is 0 Å². The molecule has 8 nitrogen and oxygen atoms in total. The van der Waals surface area contributed by atoms with E-state index in [-0.39, 0.29) is 27.5 Å². The van der Waals surface area contributed by atoms with Crippen LogP contribution in [0.5, 0.6) is 17.2 Å². The molecule has 0 aromatic heterocycles. The lowest BCUT2D eigenvalue weighted by molar-refractivity contribution is -0.131. The summed E-state index contributed by atoms with van der Waals surface area (Å²) in [5.41, 5.74) is 1.28. The third-order valence-electron chi connectivity index (χ3n) is 4.48. The normalized spacial score (nSPS) is 11.9. The lowest BCUT2D eigenvalue weighted by atomic mass is 9.87. The Kier molecular flexibility index (Phi) is 7.22. The number of hydrogen-bond donors (Lipinski definition) is 2. The van der Waals surface area contributed by atoms with Crippen LogP contribution in [0.3, 0.4) is 0 Å². The van der Waals surface area contributed by atoms with Crippen molar-refractivity contribution in [1.82, 2.24) is 0 Å². The Hall–Kier alpha value is -3.20. The smallest absolute Gasteiger partial charge is 0.328 e. The van der Waals surface area contributed by atoms with Crippen molar-refractivity contribution in [3.05, 3.63) is 47.5 Å². The van der Waals surface area contributed by atoms with Crippen molar-refractivity contribution in [2.24, 2.45) is 0 Å². The zero-order chi connectivity index (χ0) is 23.4. The van der Waals surface area contributed by atoms with Crippen LogP contribution in [0, 0.1) is 0 Å². The molecule has 0 atom stereocenters. The Balaban J connectivity index is 2.64. The highest BCUT2D eigenvalue weighted by Crippen LogP contribution is 2.38. The fraction of sp³-hybridized carbons (Fsp3) is 0.318. The van der Waals surface area contributed by atoms with E-state index in [2.05, 4.69) is 4.72 Å². The van der Waals surface area contributed by atoms with Crippen LogP contribution in [0.25, 0.3) is 6.08 Å². The molecule has 2 aromatic rings. The van der Waals surface area contributed by atoms with Gasteiger partial charge in [0, 0.05) is 6.08 Å². The Bertz CT molecular complexity index is 1100. The zero-order valence-corrected chi connectivity index (χ0v) is 19.2. The van der Waals surface area contributed by atoms with Crippen LogP contribution in [-0.2, 0) is 20.2 Å². The molecular formula is C22H27NO7S. The first-order chi connectivity index (χ1) is 14.4. The first kappa shape index (κ1) is 24.1. The molecule has 0 radical (unpaired) electrons. The monoisotopic (exact) mass is 449 g/mol. The molecule has 9 heteroatoms. The van der Waals surface area contributed by atoms with Gasteiger partial charge in [0.2, 0.25) is 0 Å². The predicted molar refractivity (Wildman–Crippen MR) is 119 cm³/mol. The molecule has 168 valence electrons. The molecule has 2 aromatic carbocycles. The van der Waals surface area contributed by atoms with Crippen molar-refractivity contribution >= 4 is 27.8 Å². The number of methoxy groups -OCH3 is 3. The molecule has 0 spiro atoms. The topological polar surface area (TPSA) is 111 Å². The maximum absolute atomic E-state index is 13.3. The molecule has 0 aliphatic carbocycles. The highest BCUT2D eigenvalue weighted by Gasteiger charge is 2.26. The lowest BCUT2D eigenvalue weighted by Crippen LogP contribution is -2.17. The van der Waals surface area contributed by atoms with E-state index < -0.39 is 16.0 Å². The van der Waals surface area contributed by atoms with Crippen molar-refractivity contribution in [2.75, 3.05) is 26.1 Å². The Morgan fingerprint density at radius 2 is 1.65 bits per heavy atom. The highest BCUT2D eigenvalue weighted by molar-refractivity contribution is 7.92. The Morgan fingerprint density at radius 1 is 1.00 bits per heavy atom. The van der Waals surface area contributed by atoms with E-state index in [1.165, 1.54) is 39.5 Å². The molecule has 0 aliphatic rings. The third kappa shape index (κ3) is 5.69. The molecule has 0 fully saturated rings. The number of carbonyl (C=O) groups is 1. The van der Waals surface area contributed by atoms with E-state index in [0.29, 0.717) is 11.3 Å². The SMILES string of the molecule is COc1ccc(C(C)(C)C)cc1NS(=O)(=O)c1cc(C=CC(=O)O)cc(OC)c1OC. The van der Waals surface area contributed by atoms with Gasteiger partial charge in [0.05, 0.1) is 27.0 Å². The Morgan fingerprint density at radius 3 is 2.16 bits per heavy atom. The van der Waals surface area contributed by atoms with Gasteiger partial charge in [0.15, 0.2) is 11.5 Å². The van der Waals surface area contributed by atoms with Crippen LogP contribution < -0.4 is 18.9 Å². The molecule has 0 saturated heterocycles. The number of rotatable bonds is 8. The number of carboxylic acid groups (broad SMARTS) is 1. The molecule has 0 bridgehead atoms. The van der Waals surface area contributed by atoms with Crippen LogP contribution in [0.4, 0.5) is 5.69 Å². The van der Waals surface area contributed by atoms with Gasteiger partial charge in [0.25, 0.3) is 10.0 Å². The van der Waals surface area contributed by atoms with Crippen molar-refractivity contribution in [3.8, 4) is 17.2 Å². The number of carboxylic acids is 1. The second kappa shape index (κ2) is 9.30. The molecular weight excluding hydrogens is 422 g/mol. The van der Waals surface area contributed by atoms with Gasteiger partial charge in [-0.1, -0.05) is 26.8 Å². The second-order valence-electron chi connectivity index (χ2n) is 7.70. The molecule has 0 aliphatic heterocycles. The van der Waals surface area contributed by atoms with Gasteiger partial charge in [-0.15, -0.1) is 0 Å². The molecule has 2 N–H and O–H groups in total. The van der Waals surface area contributed by atoms with Gasteiger partial charge >= 0.3 is 5.97 Å². The average Bonchev–Trinajstić information content (AvgIpc) is 2.70. The minimum atomic E-state index is -4.16.